The van der Waals surface area contributed by atoms with Gasteiger partial charge >= 0.3 is 0 Å². The van der Waals surface area contributed by atoms with Crippen molar-refractivity contribution in [2.45, 2.75) is 86.5 Å². The minimum absolute atomic E-state index is 0.223. The number of aryl methyl sites for hydroxylation is 4. The first-order valence-corrected chi connectivity index (χ1v) is 41.9. The number of benzene rings is 8. The van der Waals surface area contributed by atoms with Crippen LogP contribution in [0.2, 0.25) is 20.1 Å². The molecule has 0 bridgehead atoms. The summed E-state index contributed by atoms with van der Waals surface area (Å²) in [6.07, 6.45) is 10.7. The Labute approximate surface area is 737 Å². The SMILES string of the molecule is CC(=N)c1ccc(CNc2ccc(C)cc2C(=O)Nc2ccc(Cl)cn2)cc1.Cc1ccc(NCc2ccc(C(=N)N3CCC3)cc2)c(C(=O)Nc2ccc(Cl)cn2)c1.Cc1ccc(NCc2ccc(C(=N)N3CCCCC3)cc2)c(C(=O)Nc2ccc(Cl)cn2)c1.Cc1ccc(NCc2ccc(C3=NCCN3C)cc2)c(C(=O)Nc2ccc(Cl)cn2)c1. The molecule has 0 spiro atoms. The second-order valence-electron chi connectivity index (χ2n) is 30.0. The van der Waals surface area contributed by atoms with Gasteiger partial charge in [-0.3, -0.25) is 35.0 Å². The molecule has 3 aliphatic heterocycles. The number of pyridine rings is 4. The van der Waals surface area contributed by atoms with Crippen molar-refractivity contribution in [1.82, 2.24) is 34.6 Å². The van der Waals surface area contributed by atoms with Crippen LogP contribution in [0.25, 0.3) is 0 Å². The monoisotopic (exact) mass is 1720 g/mol. The number of amides is 4. The first-order valence-electron chi connectivity index (χ1n) is 40.4. The minimum atomic E-state index is -0.240. The quantitative estimate of drug-likeness (QED) is 0.0198. The molecule has 0 saturated carbocycles. The molecule has 3 aliphatic rings. The summed E-state index contributed by atoms with van der Waals surface area (Å²) in [6, 6.07) is 68.6. The van der Waals surface area contributed by atoms with Crippen LogP contribution in [0.4, 0.5) is 46.0 Å². The van der Waals surface area contributed by atoms with Crippen LogP contribution >= 0.6 is 46.4 Å². The van der Waals surface area contributed by atoms with Crippen LogP contribution in [0.5, 0.6) is 0 Å². The second kappa shape index (κ2) is 43.3. The molecule has 0 unspecified atom stereocenters. The molecule has 0 aliphatic carbocycles. The van der Waals surface area contributed by atoms with Gasteiger partial charge in [-0.25, -0.2) is 19.9 Å². The van der Waals surface area contributed by atoms with E-state index in [0.29, 0.717) is 109 Å². The number of amidine groups is 3. The van der Waals surface area contributed by atoms with E-state index in [9.17, 15) is 19.2 Å². The summed E-state index contributed by atoms with van der Waals surface area (Å²) >= 11 is 23.5. The number of halogens is 4. The molecular formula is C96H97Cl4N19O4. The Morgan fingerprint density at radius 3 is 0.886 bits per heavy atom. The first-order chi connectivity index (χ1) is 59.4. The topological polar surface area (TPSA) is 310 Å². The zero-order chi connectivity index (χ0) is 86.9. The van der Waals surface area contributed by atoms with Gasteiger partial charge in [0.05, 0.1) is 48.9 Å². The molecule has 4 aromatic heterocycles. The molecule has 123 heavy (non-hydrogen) atoms. The van der Waals surface area contributed by atoms with Gasteiger partial charge in [-0.05, 0) is 185 Å². The third-order valence-electron chi connectivity index (χ3n) is 20.4. The molecule has 2 saturated heterocycles. The fourth-order valence-corrected chi connectivity index (χ4v) is 13.8. The van der Waals surface area contributed by atoms with Crippen LogP contribution in [0.3, 0.4) is 0 Å². The van der Waals surface area contributed by atoms with E-state index >= 15 is 0 Å². The van der Waals surface area contributed by atoms with Crippen molar-refractivity contribution >= 4 is 139 Å². The summed E-state index contributed by atoms with van der Waals surface area (Å²) in [7, 11) is 2.06. The van der Waals surface area contributed by atoms with Crippen molar-refractivity contribution in [3.63, 3.8) is 0 Å². The minimum Gasteiger partial charge on any atom is -0.380 e. The number of rotatable bonds is 24. The maximum atomic E-state index is 12.9. The van der Waals surface area contributed by atoms with Gasteiger partial charge in [-0.15, -0.1) is 0 Å². The van der Waals surface area contributed by atoms with Crippen LogP contribution in [-0.4, -0.2) is 128 Å². The van der Waals surface area contributed by atoms with Gasteiger partial charge in [0.2, 0.25) is 0 Å². The summed E-state index contributed by atoms with van der Waals surface area (Å²) < 4.78 is 0. The molecule has 0 radical (unpaired) electrons. The molecule has 7 heterocycles. The lowest BCUT2D eigenvalue weighted by atomic mass is 10.1. The lowest BCUT2D eigenvalue weighted by molar-refractivity contribution is 0.101. The number of anilines is 8. The highest BCUT2D eigenvalue weighted by Gasteiger charge is 2.22. The fraction of sp³-hybridized carbons (Fsp3) is 0.208. The first kappa shape index (κ1) is 89.0. The molecule has 8 aromatic carbocycles. The van der Waals surface area contributed by atoms with Crippen molar-refractivity contribution in [2.75, 3.05) is 88.9 Å². The van der Waals surface area contributed by atoms with Gasteiger partial charge in [-0.2, -0.15) is 0 Å². The van der Waals surface area contributed by atoms with E-state index in [0.717, 1.165) is 154 Å². The van der Waals surface area contributed by atoms with Crippen LogP contribution in [-0.2, 0) is 26.2 Å². The van der Waals surface area contributed by atoms with E-state index in [1.54, 1.807) is 55.5 Å². The van der Waals surface area contributed by atoms with Crippen LogP contribution in [0.1, 0.15) is 141 Å². The van der Waals surface area contributed by atoms with Gasteiger partial charge in [0.15, 0.2) is 0 Å². The number of piperidine rings is 1. The lowest BCUT2D eigenvalue weighted by Gasteiger charge is -2.33. The molecule has 4 amide bonds. The van der Waals surface area contributed by atoms with Crippen LogP contribution in [0.15, 0.2) is 248 Å². The fourth-order valence-electron chi connectivity index (χ4n) is 13.4. The highest BCUT2D eigenvalue weighted by Crippen LogP contribution is 2.28. The van der Waals surface area contributed by atoms with E-state index in [2.05, 4.69) is 113 Å². The third kappa shape index (κ3) is 25.9. The molecule has 12 aromatic rings. The predicted molar refractivity (Wildman–Crippen MR) is 500 cm³/mol. The Kier molecular flexibility index (Phi) is 31.3. The van der Waals surface area contributed by atoms with E-state index in [4.69, 9.17) is 62.6 Å². The van der Waals surface area contributed by atoms with Crippen LogP contribution < -0.4 is 42.5 Å². The predicted octanol–water partition coefficient (Wildman–Crippen LogP) is 20.6. The number of hydrogen-bond acceptors (Lipinski definition) is 17. The maximum absolute atomic E-state index is 12.9. The molecule has 2 fully saturated rings. The molecule has 23 nitrogen and oxygen atoms in total. The summed E-state index contributed by atoms with van der Waals surface area (Å²) in [5.74, 6) is 3.08. The van der Waals surface area contributed by atoms with E-state index < -0.39 is 0 Å². The molecule has 11 N–H and O–H groups in total. The Morgan fingerprint density at radius 2 is 0.634 bits per heavy atom. The number of carbonyl (C=O) groups is 4. The van der Waals surface area contributed by atoms with E-state index in [1.165, 1.54) is 31.2 Å². The van der Waals surface area contributed by atoms with Gasteiger partial charge in [0.1, 0.15) is 40.8 Å². The second-order valence-corrected chi connectivity index (χ2v) is 31.7. The zero-order valence-electron chi connectivity index (χ0n) is 69.2. The standard InChI is InChI=1S/C26H28ClN5O.2C24H24ClN5O.C22H21ClN4O/c1-18-5-11-23(22(15-18)26(33)31-24-12-10-21(27)17-30-24)29-16-19-6-8-20(9-7-19)25(28)32-13-3-2-4-14-32;1-16-3-9-21(20(13-16)24(31)29-22-10-8-19(25)15-28-22)27-14-17-4-6-18(7-5-17)23-26-11-12-30(23)2;1-16-3-9-21(20(13-16)24(31)29-22-10-8-19(25)15-28-22)27-14-17-4-6-18(7-5-17)23(26)30-11-2-12-30;1-14-3-9-20(25-12-16-4-6-17(7-5-16)15(2)24)19(11-14)22(28)27-21-10-8-18(23)13-26-21/h5-12,15,17,28-29H,2-4,13-14,16H2,1H3,(H,30,31,33);3-10,13,15,27H,11-12,14H2,1-2H3,(H,28,29,31);3-10,13,15,26-27H,2,11-12,14H2,1H3,(H,28,29,31);3-11,13,24-25H,12H2,1-2H3,(H,26,27,28). The van der Waals surface area contributed by atoms with Gasteiger partial charge < -0.3 is 62.6 Å². The third-order valence-corrected chi connectivity index (χ3v) is 21.3. The summed E-state index contributed by atoms with van der Waals surface area (Å²) in [6.45, 7) is 17.5. The normalized spacial score (nSPS) is 12.5. The number of likely N-dealkylation sites (tertiary alicyclic amines) is 2. The number of hydrogen-bond donors (Lipinski definition) is 11. The van der Waals surface area contributed by atoms with Crippen molar-refractivity contribution < 1.29 is 19.2 Å². The number of aromatic nitrogens is 4. The molecule has 0 atom stereocenters. The smallest absolute Gasteiger partial charge is 0.258 e. The summed E-state index contributed by atoms with van der Waals surface area (Å²) in [5, 5.41) is 51.2. The van der Waals surface area contributed by atoms with Crippen molar-refractivity contribution in [2.24, 2.45) is 4.99 Å². The maximum Gasteiger partial charge on any atom is 0.258 e. The van der Waals surface area contributed by atoms with Gasteiger partial charge in [0.25, 0.3) is 23.6 Å². The number of likely N-dealkylation sites (N-methyl/N-ethyl adjacent to an activating group) is 1. The van der Waals surface area contributed by atoms with Gasteiger partial charge in [0, 0.05) is 136 Å². The Balaban J connectivity index is 0.000000150. The van der Waals surface area contributed by atoms with Crippen LogP contribution in [0, 0.1) is 43.9 Å². The lowest BCUT2D eigenvalue weighted by Crippen LogP contribution is -2.42. The Hall–Kier alpha value is -13.3. The average molecular weight is 1720 g/mol. The van der Waals surface area contributed by atoms with Crippen molar-refractivity contribution in [3.8, 4) is 0 Å². The largest absolute Gasteiger partial charge is 0.380 e. The van der Waals surface area contributed by atoms with Gasteiger partial charge in [-0.1, -0.05) is 190 Å². The highest BCUT2D eigenvalue weighted by molar-refractivity contribution is 6.31. The molecular weight excluding hydrogens is 1620 g/mol. The Morgan fingerprint density at radius 1 is 0.350 bits per heavy atom. The van der Waals surface area contributed by atoms with Crippen molar-refractivity contribution in [1.29, 1.82) is 16.2 Å². The van der Waals surface area contributed by atoms with E-state index in [1.807, 2.05) is 173 Å². The number of nitrogens with zero attached hydrogens (tertiary/aromatic N) is 8. The summed E-state index contributed by atoms with van der Waals surface area (Å²) in [5.41, 5.74) is 18.0. The Bertz CT molecular complexity index is 5740. The summed E-state index contributed by atoms with van der Waals surface area (Å²) in [4.78, 5) is 78.8. The molecule has 27 heteroatoms. The number of nitrogens with one attached hydrogen (secondary N) is 11. The highest BCUT2D eigenvalue weighted by atomic mass is 35.5. The molecule has 628 valence electrons. The van der Waals surface area contributed by atoms with Crippen molar-refractivity contribution in [3.05, 3.63) is 352 Å². The average Bonchev–Trinajstić information content (AvgIpc) is 1.66. The molecule has 15 rings (SSSR count). The zero-order valence-corrected chi connectivity index (χ0v) is 72.2. The number of aliphatic imine (C=N–C) groups is 1. The van der Waals surface area contributed by atoms with E-state index in [-0.39, 0.29) is 23.6 Å². The number of carbonyl (C=O) groups excluding carboxylic acids is 4.